The molecule has 8 nitrogen and oxygen atoms in total. The first-order valence-electron chi connectivity index (χ1n) is 11.0. The summed E-state index contributed by atoms with van der Waals surface area (Å²) in [5.74, 6) is -3.49. The van der Waals surface area contributed by atoms with Crippen molar-refractivity contribution >= 4 is 23.9 Å². The predicted molar refractivity (Wildman–Crippen MR) is 116 cm³/mol. The van der Waals surface area contributed by atoms with E-state index in [0.29, 0.717) is 12.8 Å². The zero-order valence-corrected chi connectivity index (χ0v) is 18.7. The Bertz CT molecular complexity index is 421. The van der Waals surface area contributed by atoms with Crippen LogP contribution in [0.5, 0.6) is 0 Å². The van der Waals surface area contributed by atoms with Crippen LogP contribution in [0.25, 0.3) is 0 Å². The van der Waals surface area contributed by atoms with Gasteiger partial charge in [0.05, 0.1) is 12.8 Å². The van der Waals surface area contributed by atoms with E-state index in [1.165, 1.54) is 51.4 Å². The fourth-order valence-electron chi connectivity index (χ4n) is 2.33. The molecule has 30 heavy (non-hydrogen) atoms. The smallest absolute Gasteiger partial charge is 0.303 e. The van der Waals surface area contributed by atoms with Crippen molar-refractivity contribution in [2.24, 2.45) is 0 Å². The maximum absolute atomic E-state index is 10.1. The fourth-order valence-corrected chi connectivity index (χ4v) is 2.33. The lowest BCUT2D eigenvalue weighted by Gasteiger charge is -1.98. The molecule has 0 aliphatic carbocycles. The molecule has 0 radical (unpaired) electrons. The van der Waals surface area contributed by atoms with Gasteiger partial charge in [-0.25, -0.2) is 0 Å². The first-order chi connectivity index (χ1) is 14.2. The van der Waals surface area contributed by atoms with Gasteiger partial charge in [-0.1, -0.05) is 78.1 Å². The molecular weight excluding hydrogens is 392 g/mol. The van der Waals surface area contributed by atoms with Crippen LogP contribution in [-0.2, 0) is 19.2 Å². The molecular formula is C22H42O8. The topological polar surface area (TPSA) is 149 Å². The number of aliphatic carboxylic acids is 4. The van der Waals surface area contributed by atoms with Gasteiger partial charge in [0.15, 0.2) is 0 Å². The van der Waals surface area contributed by atoms with Gasteiger partial charge in [0, 0.05) is 12.8 Å². The Kier molecular flexibility index (Phi) is 29.2. The first kappa shape index (κ1) is 32.5. The molecule has 0 aromatic carbocycles. The molecule has 0 fully saturated rings. The van der Waals surface area contributed by atoms with Gasteiger partial charge in [-0.05, 0) is 12.8 Å². The lowest BCUT2D eigenvalue weighted by molar-refractivity contribution is -0.143. The minimum atomic E-state index is -1.08. The third-order valence-corrected chi connectivity index (χ3v) is 4.04. The van der Waals surface area contributed by atoms with Crippen LogP contribution in [0, 0.1) is 0 Å². The number of unbranched alkanes of at least 4 members (excludes halogenated alkanes) is 10. The summed E-state index contributed by atoms with van der Waals surface area (Å²) < 4.78 is 0. The summed E-state index contributed by atoms with van der Waals surface area (Å²) in [5, 5.41) is 32.4. The van der Waals surface area contributed by atoms with E-state index >= 15 is 0 Å². The molecule has 0 spiro atoms. The van der Waals surface area contributed by atoms with Gasteiger partial charge in [-0.2, -0.15) is 0 Å². The number of hydrogen-bond donors (Lipinski definition) is 4. The summed E-state index contributed by atoms with van der Waals surface area (Å²) in [4.78, 5) is 39.4. The fraction of sp³-hybridized carbons (Fsp3) is 0.818. The highest BCUT2D eigenvalue weighted by Crippen LogP contribution is 2.08. The second kappa shape index (κ2) is 26.9. The van der Waals surface area contributed by atoms with E-state index in [1.54, 1.807) is 0 Å². The number of carboxylic acids is 4. The summed E-state index contributed by atoms with van der Waals surface area (Å²) in [6, 6.07) is 0. The quantitative estimate of drug-likeness (QED) is 0.217. The molecule has 0 aliphatic heterocycles. The molecule has 0 amide bonds. The Morgan fingerprint density at radius 1 is 0.400 bits per heavy atom. The third kappa shape index (κ3) is 44.9. The molecule has 0 saturated carbocycles. The summed E-state index contributed by atoms with van der Waals surface area (Å²) in [6.45, 7) is 4.35. The van der Waals surface area contributed by atoms with Crippen molar-refractivity contribution in [2.75, 3.05) is 0 Å². The van der Waals surface area contributed by atoms with E-state index in [2.05, 4.69) is 13.8 Å². The number of rotatable bonds is 17. The van der Waals surface area contributed by atoms with Gasteiger partial charge < -0.3 is 20.4 Å². The highest BCUT2D eigenvalue weighted by atomic mass is 16.4. The summed E-state index contributed by atoms with van der Waals surface area (Å²) in [5.41, 5.74) is 0. The standard InChI is InChI=1S/C10H20O2.C8H16O2.C4H6O4/c1-2-3-4-5-6-7-8-9-10(11)12;1-2-3-4-5-6-7-8(9)10;5-3(6)1-2-4(7)8/h2-9H2,1H3,(H,11,12);2-7H2,1H3,(H,9,10);1-2H2,(H,5,6)(H,7,8). The van der Waals surface area contributed by atoms with Crippen molar-refractivity contribution < 1.29 is 39.6 Å². The summed E-state index contributed by atoms with van der Waals surface area (Å²) in [7, 11) is 0. The van der Waals surface area contributed by atoms with Gasteiger partial charge in [-0.15, -0.1) is 0 Å². The van der Waals surface area contributed by atoms with Gasteiger partial charge in [-0.3, -0.25) is 19.2 Å². The molecule has 0 heterocycles. The highest BCUT2D eigenvalue weighted by Gasteiger charge is 2.00. The lowest BCUT2D eigenvalue weighted by atomic mass is 10.1. The van der Waals surface area contributed by atoms with Crippen LogP contribution in [0.3, 0.4) is 0 Å². The second-order valence-electron chi connectivity index (χ2n) is 7.11. The lowest BCUT2D eigenvalue weighted by Crippen LogP contribution is -2.00. The molecule has 0 aliphatic rings. The molecule has 0 aromatic heterocycles. The van der Waals surface area contributed by atoms with Crippen molar-refractivity contribution in [2.45, 2.75) is 117 Å². The van der Waals surface area contributed by atoms with Crippen LogP contribution in [0.2, 0.25) is 0 Å². The molecule has 0 aromatic rings. The van der Waals surface area contributed by atoms with Crippen LogP contribution >= 0.6 is 0 Å². The average molecular weight is 435 g/mol. The minimum absolute atomic E-state index is 0.296. The predicted octanol–water partition coefficient (Wildman–Crippen LogP) is 5.58. The molecule has 0 bridgehead atoms. The largest absolute Gasteiger partial charge is 0.481 e. The van der Waals surface area contributed by atoms with Crippen molar-refractivity contribution in [3.63, 3.8) is 0 Å². The Balaban J connectivity index is -0.000000372. The SMILES string of the molecule is CCCCCCCC(=O)O.CCCCCCCCCC(=O)O.O=C(O)CCC(=O)O. The molecule has 178 valence electrons. The Morgan fingerprint density at radius 2 is 0.633 bits per heavy atom. The zero-order valence-electron chi connectivity index (χ0n) is 18.7. The van der Waals surface area contributed by atoms with Crippen molar-refractivity contribution in [3.8, 4) is 0 Å². The first-order valence-corrected chi connectivity index (χ1v) is 11.0. The van der Waals surface area contributed by atoms with Crippen LogP contribution < -0.4 is 0 Å². The van der Waals surface area contributed by atoms with Gasteiger partial charge in [0.1, 0.15) is 0 Å². The number of carbonyl (C=O) groups is 4. The maximum Gasteiger partial charge on any atom is 0.303 e. The molecule has 0 saturated heterocycles. The highest BCUT2D eigenvalue weighted by molar-refractivity contribution is 5.75. The van der Waals surface area contributed by atoms with E-state index < -0.39 is 23.9 Å². The Morgan fingerprint density at radius 3 is 0.867 bits per heavy atom. The van der Waals surface area contributed by atoms with Crippen molar-refractivity contribution in [1.29, 1.82) is 0 Å². The molecule has 0 unspecified atom stereocenters. The Hall–Kier alpha value is -2.12. The molecule has 8 heteroatoms. The van der Waals surface area contributed by atoms with E-state index in [4.69, 9.17) is 20.4 Å². The second-order valence-corrected chi connectivity index (χ2v) is 7.11. The van der Waals surface area contributed by atoms with Crippen LogP contribution in [0.15, 0.2) is 0 Å². The summed E-state index contributed by atoms with van der Waals surface area (Å²) >= 11 is 0. The Labute approximate surface area is 180 Å². The minimum Gasteiger partial charge on any atom is -0.481 e. The van der Waals surface area contributed by atoms with Crippen molar-refractivity contribution in [3.05, 3.63) is 0 Å². The van der Waals surface area contributed by atoms with Gasteiger partial charge in [0.2, 0.25) is 0 Å². The van der Waals surface area contributed by atoms with Gasteiger partial charge in [0.25, 0.3) is 0 Å². The number of carboxylic acid groups (broad SMARTS) is 4. The number of hydrogen-bond acceptors (Lipinski definition) is 4. The van der Waals surface area contributed by atoms with E-state index in [0.717, 1.165) is 25.7 Å². The summed E-state index contributed by atoms with van der Waals surface area (Å²) in [6.07, 6.45) is 13.9. The molecule has 0 atom stereocenters. The van der Waals surface area contributed by atoms with E-state index in [9.17, 15) is 19.2 Å². The monoisotopic (exact) mass is 434 g/mol. The zero-order chi connectivity index (χ0) is 23.6. The maximum atomic E-state index is 10.1. The normalized spacial score (nSPS) is 9.53. The van der Waals surface area contributed by atoms with E-state index in [1.807, 2.05) is 0 Å². The molecule has 4 N–H and O–H groups in total. The third-order valence-electron chi connectivity index (χ3n) is 4.04. The average Bonchev–Trinajstić information content (AvgIpc) is 2.66. The van der Waals surface area contributed by atoms with Crippen LogP contribution in [-0.4, -0.2) is 44.3 Å². The van der Waals surface area contributed by atoms with Gasteiger partial charge >= 0.3 is 23.9 Å². The van der Waals surface area contributed by atoms with Crippen LogP contribution in [0.4, 0.5) is 0 Å². The van der Waals surface area contributed by atoms with E-state index in [-0.39, 0.29) is 12.8 Å². The van der Waals surface area contributed by atoms with Crippen LogP contribution in [0.1, 0.15) is 117 Å². The van der Waals surface area contributed by atoms with Crippen molar-refractivity contribution in [1.82, 2.24) is 0 Å². The molecule has 0 rings (SSSR count).